The second-order valence-electron chi connectivity index (χ2n) is 4.76. The van der Waals surface area contributed by atoms with Crippen molar-refractivity contribution < 1.29 is 0 Å². The molecule has 0 saturated heterocycles. The average molecular weight is 285 g/mol. The zero-order valence-corrected chi connectivity index (χ0v) is 11.9. The minimum Gasteiger partial charge on any atom is -0.370 e. The van der Waals surface area contributed by atoms with Crippen LogP contribution in [0.2, 0.25) is 10.0 Å². The number of halogens is 2. The Morgan fingerprint density at radius 2 is 1.83 bits per heavy atom. The fourth-order valence-electron chi connectivity index (χ4n) is 2.54. The van der Waals surface area contributed by atoms with Crippen LogP contribution in [0.5, 0.6) is 0 Å². The Hall–Kier alpha value is -0.980. The van der Waals surface area contributed by atoms with E-state index in [4.69, 9.17) is 28.6 Å². The standard InChI is InChI=1S/C13H16Cl2N3/c1-18(9-5-3-2-4-6-9)13-8-10(14)12(17-16)7-11(13)15/h7-9H,2-6H2,1H3/q+1. The third kappa shape index (κ3) is 2.71. The van der Waals surface area contributed by atoms with E-state index in [1.54, 1.807) is 12.1 Å². The van der Waals surface area contributed by atoms with Crippen LogP contribution < -0.4 is 4.90 Å². The van der Waals surface area contributed by atoms with Gasteiger partial charge in [0.15, 0.2) is 4.98 Å². The van der Waals surface area contributed by atoms with E-state index in [0.717, 1.165) is 5.69 Å². The van der Waals surface area contributed by atoms with Gasteiger partial charge < -0.3 is 4.90 Å². The second kappa shape index (κ2) is 5.77. The summed E-state index contributed by atoms with van der Waals surface area (Å²) in [5.74, 6) is 0. The number of hydrogen-bond acceptors (Lipinski definition) is 2. The molecule has 0 atom stereocenters. The van der Waals surface area contributed by atoms with Gasteiger partial charge >= 0.3 is 5.69 Å². The lowest BCUT2D eigenvalue weighted by molar-refractivity contribution is 0.427. The Kier molecular flexibility index (Phi) is 4.31. The van der Waals surface area contributed by atoms with Gasteiger partial charge in [0.2, 0.25) is 5.39 Å². The van der Waals surface area contributed by atoms with E-state index in [1.165, 1.54) is 32.1 Å². The van der Waals surface area contributed by atoms with Crippen molar-refractivity contribution in [2.75, 3.05) is 11.9 Å². The normalized spacial score (nSPS) is 16.3. The van der Waals surface area contributed by atoms with Gasteiger partial charge in [0.05, 0.1) is 16.8 Å². The summed E-state index contributed by atoms with van der Waals surface area (Å²) in [6.45, 7) is 0. The van der Waals surface area contributed by atoms with Gasteiger partial charge in [0.1, 0.15) is 5.02 Å². The maximum atomic E-state index is 8.79. The van der Waals surface area contributed by atoms with E-state index < -0.39 is 0 Å². The molecule has 0 amide bonds. The largest absolute Gasteiger partial charge is 0.405 e. The molecule has 1 aliphatic rings. The summed E-state index contributed by atoms with van der Waals surface area (Å²) in [5, 5.41) is 9.78. The highest BCUT2D eigenvalue weighted by molar-refractivity contribution is 6.37. The van der Waals surface area contributed by atoms with Gasteiger partial charge in [-0.1, -0.05) is 42.5 Å². The van der Waals surface area contributed by atoms with Gasteiger partial charge in [-0.05, 0) is 18.9 Å². The molecule has 0 spiro atoms. The summed E-state index contributed by atoms with van der Waals surface area (Å²) in [5.41, 5.74) is 1.21. The predicted molar refractivity (Wildman–Crippen MR) is 76.5 cm³/mol. The van der Waals surface area contributed by atoms with Gasteiger partial charge in [0, 0.05) is 13.1 Å². The minimum absolute atomic E-state index is 0.308. The molecule has 2 rings (SSSR count). The van der Waals surface area contributed by atoms with Crippen LogP contribution in [-0.2, 0) is 0 Å². The van der Waals surface area contributed by atoms with Crippen LogP contribution in [-0.4, -0.2) is 13.1 Å². The molecule has 1 fully saturated rings. The number of benzene rings is 1. The maximum absolute atomic E-state index is 8.79. The van der Waals surface area contributed by atoms with Crippen molar-refractivity contribution in [3.8, 4) is 0 Å². The molecule has 0 aliphatic heterocycles. The van der Waals surface area contributed by atoms with Gasteiger partial charge in [-0.15, -0.1) is 0 Å². The van der Waals surface area contributed by atoms with E-state index in [9.17, 15) is 0 Å². The molecular weight excluding hydrogens is 269 g/mol. The van der Waals surface area contributed by atoms with Crippen LogP contribution in [0.3, 0.4) is 0 Å². The van der Waals surface area contributed by atoms with Crippen molar-refractivity contribution in [2.45, 2.75) is 38.1 Å². The molecule has 0 unspecified atom stereocenters. The highest BCUT2D eigenvalue weighted by Gasteiger charge is 2.23. The van der Waals surface area contributed by atoms with Crippen molar-refractivity contribution in [1.29, 1.82) is 5.39 Å². The smallest absolute Gasteiger partial charge is 0.370 e. The van der Waals surface area contributed by atoms with Crippen LogP contribution in [0.25, 0.3) is 4.98 Å². The Morgan fingerprint density at radius 1 is 1.17 bits per heavy atom. The lowest BCUT2D eigenvalue weighted by Crippen LogP contribution is -2.33. The quantitative estimate of drug-likeness (QED) is 0.695. The number of nitrogens with zero attached hydrogens (tertiary/aromatic N) is 3. The molecule has 0 radical (unpaired) electrons. The SMILES string of the molecule is CN(c1cc(Cl)c([N+]#N)cc1Cl)C1CCCCC1. The first-order valence-electron chi connectivity index (χ1n) is 6.20. The molecule has 18 heavy (non-hydrogen) atoms. The summed E-state index contributed by atoms with van der Waals surface area (Å²) < 4.78 is 0. The van der Waals surface area contributed by atoms with Crippen molar-refractivity contribution in [3.63, 3.8) is 0 Å². The number of diazo groups is 1. The van der Waals surface area contributed by atoms with Gasteiger partial charge in [-0.3, -0.25) is 0 Å². The van der Waals surface area contributed by atoms with Crippen LogP contribution in [0.1, 0.15) is 32.1 Å². The fraction of sp³-hybridized carbons (Fsp3) is 0.538. The topological polar surface area (TPSA) is 31.4 Å². The molecule has 96 valence electrons. The van der Waals surface area contributed by atoms with Gasteiger partial charge in [-0.2, -0.15) is 0 Å². The van der Waals surface area contributed by atoms with Gasteiger partial charge in [-0.25, -0.2) is 0 Å². The number of hydrogen-bond donors (Lipinski definition) is 0. The van der Waals surface area contributed by atoms with Crippen LogP contribution >= 0.6 is 23.2 Å². The van der Waals surface area contributed by atoms with Crippen molar-refractivity contribution in [1.82, 2.24) is 0 Å². The third-order valence-electron chi connectivity index (χ3n) is 3.63. The lowest BCUT2D eigenvalue weighted by Gasteiger charge is -2.33. The van der Waals surface area contributed by atoms with Crippen molar-refractivity contribution in [2.24, 2.45) is 0 Å². The number of rotatable bonds is 2. The Balaban J connectivity index is 2.27. The zero-order chi connectivity index (χ0) is 13.1. The maximum Gasteiger partial charge on any atom is 0.405 e. The molecule has 5 heteroatoms. The predicted octanol–water partition coefficient (Wildman–Crippen LogP) is 5.25. The van der Waals surface area contributed by atoms with Gasteiger partial charge in [0.25, 0.3) is 0 Å². The molecule has 1 aromatic carbocycles. The van der Waals surface area contributed by atoms with Crippen LogP contribution in [0.4, 0.5) is 11.4 Å². The summed E-state index contributed by atoms with van der Waals surface area (Å²) >= 11 is 12.3. The molecule has 3 nitrogen and oxygen atoms in total. The molecule has 1 aromatic rings. The number of anilines is 1. The summed E-state index contributed by atoms with van der Waals surface area (Å²) in [4.78, 5) is 5.30. The highest BCUT2D eigenvalue weighted by Crippen LogP contribution is 2.38. The van der Waals surface area contributed by atoms with Crippen molar-refractivity contribution >= 4 is 34.6 Å². The van der Waals surface area contributed by atoms with E-state index in [1.807, 2.05) is 7.05 Å². The monoisotopic (exact) mass is 284 g/mol. The molecule has 1 saturated carbocycles. The van der Waals surface area contributed by atoms with Crippen LogP contribution in [0, 0.1) is 5.39 Å². The molecule has 0 aromatic heterocycles. The van der Waals surface area contributed by atoms with Crippen molar-refractivity contribution in [3.05, 3.63) is 27.2 Å². The van der Waals surface area contributed by atoms with E-state index in [-0.39, 0.29) is 0 Å². The fourth-order valence-corrected chi connectivity index (χ4v) is 3.02. The first-order valence-corrected chi connectivity index (χ1v) is 6.96. The average Bonchev–Trinajstić information content (AvgIpc) is 2.41. The summed E-state index contributed by atoms with van der Waals surface area (Å²) in [6.07, 6.45) is 6.24. The first-order chi connectivity index (χ1) is 8.63. The second-order valence-corrected chi connectivity index (χ2v) is 5.57. The van der Waals surface area contributed by atoms with E-state index >= 15 is 0 Å². The third-order valence-corrected chi connectivity index (χ3v) is 4.23. The van der Waals surface area contributed by atoms with Crippen LogP contribution in [0.15, 0.2) is 12.1 Å². The summed E-state index contributed by atoms with van der Waals surface area (Å²) in [6, 6.07) is 3.88. The zero-order valence-electron chi connectivity index (χ0n) is 10.4. The first kappa shape index (κ1) is 13.5. The highest BCUT2D eigenvalue weighted by atomic mass is 35.5. The minimum atomic E-state index is 0.308. The summed E-state index contributed by atoms with van der Waals surface area (Å²) in [7, 11) is 2.04. The Bertz CT molecular complexity index is 476. The molecule has 0 heterocycles. The lowest BCUT2D eigenvalue weighted by atomic mass is 9.94. The molecular formula is C13H16Cl2N3+. The van der Waals surface area contributed by atoms with E-state index in [2.05, 4.69) is 9.88 Å². The Morgan fingerprint density at radius 3 is 2.44 bits per heavy atom. The molecule has 0 N–H and O–H groups in total. The molecule has 0 bridgehead atoms. The molecule has 1 aliphatic carbocycles. The Labute approximate surface area is 117 Å². The van der Waals surface area contributed by atoms with E-state index in [0.29, 0.717) is 21.8 Å².